The smallest absolute Gasteiger partial charge is 0.219 e. The monoisotopic (exact) mass is 154 g/mol. The molecule has 3 nitrogen and oxygen atoms in total. The zero-order valence-electron chi connectivity index (χ0n) is 6.76. The molecule has 0 aromatic heterocycles. The minimum absolute atomic E-state index is 0.199. The lowest BCUT2D eigenvalue weighted by Gasteiger charge is -2.05. The molecule has 0 radical (unpaired) electrons. The molecule has 1 aliphatic carbocycles. The average Bonchev–Trinajstić information content (AvgIpc) is 2.52. The molecule has 1 heterocycles. The highest BCUT2D eigenvalue weighted by Gasteiger charge is 2.53. The fraction of sp³-hybridized carbons (Fsp3) is 0.875. The van der Waals surface area contributed by atoms with Crippen molar-refractivity contribution in [2.45, 2.75) is 19.4 Å². The quantitative estimate of drug-likeness (QED) is 0.575. The molecular weight excluding hydrogens is 140 g/mol. The second-order valence-corrected chi connectivity index (χ2v) is 3.43. The van der Waals surface area contributed by atoms with E-state index in [-0.39, 0.29) is 5.91 Å². The van der Waals surface area contributed by atoms with Crippen LogP contribution in [0.5, 0.6) is 0 Å². The van der Waals surface area contributed by atoms with Crippen LogP contribution >= 0.6 is 0 Å². The molecule has 1 aliphatic heterocycles. The highest BCUT2D eigenvalue weighted by molar-refractivity contribution is 5.76. The summed E-state index contributed by atoms with van der Waals surface area (Å²) >= 11 is 0. The van der Waals surface area contributed by atoms with E-state index in [9.17, 15) is 4.79 Å². The number of hydrogen-bond acceptors (Lipinski definition) is 2. The van der Waals surface area contributed by atoms with Crippen molar-refractivity contribution in [3.8, 4) is 0 Å². The van der Waals surface area contributed by atoms with Gasteiger partial charge in [-0.25, -0.2) is 0 Å². The zero-order chi connectivity index (χ0) is 7.84. The molecular formula is C8H14N2O. The van der Waals surface area contributed by atoms with E-state index in [2.05, 4.69) is 10.6 Å². The van der Waals surface area contributed by atoms with Crippen LogP contribution in [-0.2, 0) is 4.79 Å². The Bertz CT molecular complexity index is 171. The van der Waals surface area contributed by atoms with Crippen LogP contribution in [0.15, 0.2) is 0 Å². The molecule has 2 aliphatic rings. The lowest BCUT2D eigenvalue weighted by atomic mass is 10.4. The number of nitrogens with one attached hydrogen (secondary N) is 2. The molecule has 1 amide bonds. The van der Waals surface area contributed by atoms with E-state index in [1.54, 1.807) is 0 Å². The second-order valence-electron chi connectivity index (χ2n) is 3.43. The Morgan fingerprint density at radius 2 is 2.18 bits per heavy atom. The van der Waals surface area contributed by atoms with Gasteiger partial charge in [0.25, 0.3) is 0 Å². The molecule has 0 aromatic carbocycles. The highest BCUT2D eigenvalue weighted by atomic mass is 16.1. The molecule has 2 atom stereocenters. The van der Waals surface area contributed by atoms with Crippen LogP contribution in [0, 0.1) is 11.8 Å². The molecule has 3 heteroatoms. The van der Waals surface area contributed by atoms with Crippen LogP contribution in [0.2, 0.25) is 0 Å². The van der Waals surface area contributed by atoms with Crippen molar-refractivity contribution in [2.24, 2.45) is 11.8 Å². The van der Waals surface area contributed by atoms with Crippen molar-refractivity contribution in [2.75, 3.05) is 13.1 Å². The Hall–Kier alpha value is -0.570. The fourth-order valence-corrected chi connectivity index (χ4v) is 1.92. The van der Waals surface area contributed by atoms with Gasteiger partial charge in [-0.1, -0.05) is 6.92 Å². The van der Waals surface area contributed by atoms with Gasteiger partial charge < -0.3 is 10.6 Å². The van der Waals surface area contributed by atoms with Gasteiger partial charge in [0, 0.05) is 25.6 Å². The number of piperidine rings is 1. The van der Waals surface area contributed by atoms with Crippen LogP contribution in [0.25, 0.3) is 0 Å². The maximum atomic E-state index is 11.0. The van der Waals surface area contributed by atoms with Gasteiger partial charge in [-0.2, -0.15) is 0 Å². The van der Waals surface area contributed by atoms with Crippen molar-refractivity contribution >= 4 is 5.91 Å². The first kappa shape index (κ1) is 7.10. The van der Waals surface area contributed by atoms with Gasteiger partial charge in [-0.15, -0.1) is 0 Å². The van der Waals surface area contributed by atoms with Gasteiger partial charge >= 0.3 is 0 Å². The third kappa shape index (κ3) is 1.13. The summed E-state index contributed by atoms with van der Waals surface area (Å²) in [6.45, 7) is 4.09. The van der Waals surface area contributed by atoms with Gasteiger partial charge in [-0.3, -0.25) is 4.79 Å². The molecule has 0 aromatic rings. The van der Waals surface area contributed by atoms with Crippen LogP contribution in [0.4, 0.5) is 0 Å². The van der Waals surface area contributed by atoms with E-state index in [1.807, 2.05) is 6.92 Å². The molecule has 11 heavy (non-hydrogen) atoms. The number of carbonyl (C=O) groups is 1. The summed E-state index contributed by atoms with van der Waals surface area (Å²) < 4.78 is 0. The topological polar surface area (TPSA) is 41.1 Å². The number of fused-ring (bicyclic) bond motifs is 1. The first-order valence-corrected chi connectivity index (χ1v) is 4.33. The first-order chi connectivity index (χ1) is 5.33. The molecule has 0 bridgehead atoms. The molecule has 1 saturated carbocycles. The van der Waals surface area contributed by atoms with Crippen LogP contribution < -0.4 is 10.6 Å². The third-order valence-electron chi connectivity index (χ3n) is 2.74. The number of carbonyl (C=O) groups excluding carboxylic acids is 1. The number of amides is 1. The molecule has 2 fully saturated rings. The molecule has 2 unspecified atom stereocenters. The fourth-order valence-electron chi connectivity index (χ4n) is 1.92. The lowest BCUT2D eigenvalue weighted by molar-refractivity contribution is -0.121. The third-order valence-corrected chi connectivity index (χ3v) is 2.74. The van der Waals surface area contributed by atoms with Crippen LogP contribution in [0.1, 0.15) is 13.3 Å². The minimum Gasteiger partial charge on any atom is -0.353 e. The minimum atomic E-state index is 0.199. The first-order valence-electron chi connectivity index (χ1n) is 4.33. The van der Waals surface area contributed by atoms with E-state index in [0.29, 0.717) is 12.5 Å². The van der Waals surface area contributed by atoms with E-state index in [1.165, 1.54) is 0 Å². The van der Waals surface area contributed by atoms with E-state index >= 15 is 0 Å². The summed E-state index contributed by atoms with van der Waals surface area (Å²) in [4.78, 5) is 11.0. The van der Waals surface area contributed by atoms with Crippen molar-refractivity contribution in [3.63, 3.8) is 0 Å². The van der Waals surface area contributed by atoms with Crippen LogP contribution in [0.3, 0.4) is 0 Å². The Balaban J connectivity index is 1.79. The zero-order valence-corrected chi connectivity index (χ0v) is 6.76. The van der Waals surface area contributed by atoms with E-state index in [0.717, 1.165) is 24.9 Å². The highest BCUT2D eigenvalue weighted by Crippen LogP contribution is 2.41. The molecule has 2 rings (SSSR count). The Morgan fingerprint density at radius 3 is 2.73 bits per heavy atom. The number of rotatable bonds is 2. The maximum absolute atomic E-state index is 11.0. The maximum Gasteiger partial charge on any atom is 0.219 e. The molecule has 62 valence electrons. The van der Waals surface area contributed by atoms with Crippen molar-refractivity contribution in [1.29, 1.82) is 0 Å². The van der Waals surface area contributed by atoms with Gasteiger partial charge in [-0.05, 0) is 11.8 Å². The molecule has 2 N–H and O–H groups in total. The Labute approximate surface area is 66.5 Å². The normalized spacial score (nSPS) is 39.9. The summed E-state index contributed by atoms with van der Waals surface area (Å²) in [5.74, 6) is 1.68. The standard InChI is InChI=1S/C8H14N2O/c1-2-7(11)10-8-5-3-9-4-6(5)8/h5-6,8-9H,2-4H2,1H3,(H,10,11). The van der Waals surface area contributed by atoms with Gasteiger partial charge in [0.1, 0.15) is 0 Å². The predicted molar refractivity (Wildman–Crippen MR) is 42.1 cm³/mol. The van der Waals surface area contributed by atoms with E-state index in [4.69, 9.17) is 0 Å². The van der Waals surface area contributed by atoms with Crippen LogP contribution in [-0.4, -0.2) is 25.0 Å². The largest absolute Gasteiger partial charge is 0.353 e. The summed E-state index contributed by atoms with van der Waals surface area (Å²) in [5.41, 5.74) is 0. The van der Waals surface area contributed by atoms with Gasteiger partial charge in [0.2, 0.25) is 5.91 Å². The molecule has 1 saturated heterocycles. The van der Waals surface area contributed by atoms with Crippen molar-refractivity contribution < 1.29 is 4.79 Å². The summed E-state index contributed by atoms with van der Waals surface area (Å²) in [6, 6.07) is 0.503. The SMILES string of the molecule is CCC(=O)NC1C2CNCC21. The summed E-state index contributed by atoms with van der Waals surface area (Å²) in [7, 11) is 0. The summed E-state index contributed by atoms with van der Waals surface area (Å²) in [5, 5.41) is 6.32. The van der Waals surface area contributed by atoms with Crippen molar-refractivity contribution in [3.05, 3.63) is 0 Å². The second kappa shape index (κ2) is 2.48. The average molecular weight is 154 g/mol. The summed E-state index contributed by atoms with van der Waals surface area (Å²) in [6.07, 6.45) is 0.614. The molecule has 0 spiro atoms. The van der Waals surface area contributed by atoms with E-state index < -0.39 is 0 Å². The van der Waals surface area contributed by atoms with Gasteiger partial charge in [0.05, 0.1) is 0 Å². The van der Waals surface area contributed by atoms with Crippen molar-refractivity contribution in [1.82, 2.24) is 10.6 Å². The lowest BCUT2D eigenvalue weighted by Crippen LogP contribution is -2.31. The number of hydrogen-bond donors (Lipinski definition) is 2. The predicted octanol–water partition coefficient (Wildman–Crippen LogP) is -0.270. The van der Waals surface area contributed by atoms with Gasteiger partial charge in [0.15, 0.2) is 0 Å². The Kier molecular flexibility index (Phi) is 1.60. The Morgan fingerprint density at radius 1 is 1.55 bits per heavy atom.